The Hall–Kier alpha value is -1.27. The molecule has 0 unspecified atom stereocenters. The van der Waals surface area contributed by atoms with Crippen molar-refractivity contribution in [2.75, 3.05) is 18.5 Å². The molecule has 15 heavy (non-hydrogen) atoms. The Morgan fingerprint density at radius 2 is 2.33 bits per heavy atom. The van der Waals surface area contributed by atoms with E-state index in [2.05, 4.69) is 20.0 Å². The number of ether oxygens (including phenoxy) is 1. The first-order chi connectivity index (χ1) is 7.09. The lowest BCUT2D eigenvalue weighted by Crippen LogP contribution is -2.18. The number of anilines is 1. The molecule has 0 atom stereocenters. The summed E-state index contributed by atoms with van der Waals surface area (Å²) < 4.78 is 4.49. The Kier molecular flexibility index (Phi) is 4.38. The van der Waals surface area contributed by atoms with Crippen LogP contribution in [0.2, 0.25) is 10.3 Å². The molecule has 0 aliphatic rings. The Morgan fingerprint density at radius 1 is 1.60 bits per heavy atom. The molecule has 0 radical (unpaired) electrons. The van der Waals surface area contributed by atoms with Crippen molar-refractivity contribution in [1.29, 1.82) is 0 Å². The summed E-state index contributed by atoms with van der Waals surface area (Å²) in [6, 6.07) is 0. The van der Waals surface area contributed by atoms with Crippen molar-refractivity contribution in [2.24, 2.45) is 5.73 Å². The van der Waals surface area contributed by atoms with E-state index in [1.54, 1.807) is 0 Å². The fraction of sp³-hybridized carbons (Fsp3) is 0.286. The minimum absolute atomic E-state index is 0.0812. The number of nitrogens with two attached hydrogens (primary N) is 1. The molecule has 0 aliphatic heterocycles. The highest BCUT2D eigenvalue weighted by Crippen LogP contribution is 2.18. The summed E-state index contributed by atoms with van der Waals surface area (Å²) in [5, 5.41) is 3.22. The third-order valence-electron chi connectivity index (χ3n) is 1.35. The Balaban J connectivity index is 2.43. The van der Waals surface area contributed by atoms with Gasteiger partial charge < -0.3 is 15.8 Å². The minimum Gasteiger partial charge on any atom is -0.448 e. The minimum atomic E-state index is -0.830. The van der Waals surface area contributed by atoms with Gasteiger partial charge in [-0.3, -0.25) is 0 Å². The Labute approximate surface area is 95.7 Å². The number of nitrogens with one attached hydrogen (secondary N) is 1. The summed E-state index contributed by atoms with van der Waals surface area (Å²) in [6.45, 7) is 0.448. The summed E-state index contributed by atoms with van der Waals surface area (Å²) in [4.78, 5) is 17.7. The molecule has 0 bridgehead atoms. The van der Waals surface area contributed by atoms with Crippen LogP contribution in [0.15, 0.2) is 6.20 Å². The molecule has 1 rings (SSSR count). The molecule has 82 valence electrons. The predicted molar refractivity (Wildman–Crippen MR) is 56.1 cm³/mol. The van der Waals surface area contributed by atoms with Gasteiger partial charge in [0, 0.05) is 0 Å². The van der Waals surface area contributed by atoms with Crippen LogP contribution in [0.4, 0.5) is 10.6 Å². The number of aromatic nitrogens is 2. The van der Waals surface area contributed by atoms with E-state index in [1.165, 1.54) is 6.20 Å². The lowest BCUT2D eigenvalue weighted by molar-refractivity contribution is 0.161. The van der Waals surface area contributed by atoms with Crippen LogP contribution in [0.25, 0.3) is 0 Å². The molecule has 0 aliphatic carbocycles. The van der Waals surface area contributed by atoms with Crippen LogP contribution in [-0.2, 0) is 4.74 Å². The van der Waals surface area contributed by atoms with Gasteiger partial charge in [0.05, 0.1) is 12.7 Å². The van der Waals surface area contributed by atoms with E-state index >= 15 is 0 Å². The monoisotopic (exact) mass is 250 g/mol. The van der Waals surface area contributed by atoms with Gasteiger partial charge in [0.2, 0.25) is 5.28 Å². The van der Waals surface area contributed by atoms with Crippen molar-refractivity contribution in [3.05, 3.63) is 16.5 Å². The maximum Gasteiger partial charge on any atom is 0.404 e. The lowest BCUT2D eigenvalue weighted by Gasteiger charge is -2.06. The highest BCUT2D eigenvalue weighted by Gasteiger charge is 2.03. The average Bonchev–Trinajstić information content (AvgIpc) is 2.17. The van der Waals surface area contributed by atoms with E-state index in [0.29, 0.717) is 17.4 Å². The third kappa shape index (κ3) is 4.18. The number of hydrogen-bond acceptors (Lipinski definition) is 5. The van der Waals surface area contributed by atoms with Gasteiger partial charge in [-0.15, -0.1) is 0 Å². The molecular weight excluding hydrogens is 243 g/mol. The van der Waals surface area contributed by atoms with Crippen LogP contribution >= 0.6 is 23.2 Å². The van der Waals surface area contributed by atoms with Crippen LogP contribution in [0.3, 0.4) is 0 Å². The van der Waals surface area contributed by atoms with Crippen LogP contribution < -0.4 is 11.1 Å². The zero-order valence-electron chi connectivity index (χ0n) is 7.54. The fourth-order valence-electron chi connectivity index (χ4n) is 0.791. The van der Waals surface area contributed by atoms with Crippen molar-refractivity contribution >= 4 is 35.1 Å². The molecule has 8 heteroatoms. The van der Waals surface area contributed by atoms with E-state index in [4.69, 9.17) is 28.9 Å². The number of halogens is 2. The number of primary amides is 1. The number of amides is 1. The van der Waals surface area contributed by atoms with Crippen LogP contribution in [0.5, 0.6) is 0 Å². The molecule has 1 aromatic heterocycles. The molecule has 3 N–H and O–H groups in total. The second-order valence-corrected chi connectivity index (χ2v) is 3.18. The van der Waals surface area contributed by atoms with E-state index < -0.39 is 6.09 Å². The van der Waals surface area contributed by atoms with Crippen molar-refractivity contribution in [2.45, 2.75) is 0 Å². The molecule has 0 spiro atoms. The maximum atomic E-state index is 10.2. The van der Waals surface area contributed by atoms with Crippen LogP contribution in [0, 0.1) is 0 Å². The zero-order chi connectivity index (χ0) is 11.3. The smallest absolute Gasteiger partial charge is 0.404 e. The maximum absolute atomic E-state index is 10.2. The van der Waals surface area contributed by atoms with Crippen molar-refractivity contribution in [3.63, 3.8) is 0 Å². The Morgan fingerprint density at radius 3 is 3.00 bits per heavy atom. The molecule has 1 aromatic rings. The number of carbonyl (C=O) groups is 1. The lowest BCUT2D eigenvalue weighted by atomic mass is 10.5. The van der Waals surface area contributed by atoms with Gasteiger partial charge in [0.25, 0.3) is 0 Å². The first-order valence-corrected chi connectivity index (χ1v) is 4.69. The number of rotatable bonds is 4. The van der Waals surface area contributed by atoms with Crippen molar-refractivity contribution in [3.8, 4) is 0 Å². The van der Waals surface area contributed by atoms with Gasteiger partial charge in [-0.05, 0) is 11.6 Å². The molecular formula is C7H8Cl2N4O2. The van der Waals surface area contributed by atoms with Gasteiger partial charge in [-0.1, -0.05) is 11.6 Å². The molecule has 0 fully saturated rings. The summed E-state index contributed by atoms with van der Waals surface area (Å²) in [7, 11) is 0. The van der Waals surface area contributed by atoms with E-state index in [9.17, 15) is 4.79 Å². The first-order valence-electron chi connectivity index (χ1n) is 3.93. The molecule has 0 aromatic carbocycles. The van der Waals surface area contributed by atoms with Gasteiger partial charge in [-0.2, -0.15) is 4.98 Å². The Bertz CT molecular complexity index is 361. The second kappa shape index (κ2) is 5.57. The fourth-order valence-corrected chi connectivity index (χ4v) is 1.08. The van der Waals surface area contributed by atoms with Crippen LogP contribution in [0.1, 0.15) is 0 Å². The van der Waals surface area contributed by atoms with Gasteiger partial charge in [-0.25, -0.2) is 9.78 Å². The number of carbonyl (C=O) groups excluding carboxylic acids is 1. The zero-order valence-corrected chi connectivity index (χ0v) is 9.05. The summed E-state index contributed by atoms with van der Waals surface area (Å²) in [5.41, 5.74) is 4.76. The highest BCUT2D eigenvalue weighted by atomic mass is 35.5. The van der Waals surface area contributed by atoms with E-state index in [0.717, 1.165) is 0 Å². The van der Waals surface area contributed by atoms with Gasteiger partial charge in [0.1, 0.15) is 17.4 Å². The first kappa shape index (κ1) is 11.8. The van der Waals surface area contributed by atoms with Crippen molar-refractivity contribution < 1.29 is 9.53 Å². The molecule has 1 amide bonds. The second-order valence-electron chi connectivity index (χ2n) is 2.43. The third-order valence-corrected chi connectivity index (χ3v) is 1.81. The highest BCUT2D eigenvalue weighted by molar-refractivity contribution is 6.33. The van der Waals surface area contributed by atoms with Gasteiger partial charge >= 0.3 is 6.09 Å². The average molecular weight is 251 g/mol. The van der Waals surface area contributed by atoms with Gasteiger partial charge in [0.15, 0.2) is 0 Å². The molecule has 6 nitrogen and oxygen atoms in total. The molecule has 0 saturated heterocycles. The largest absolute Gasteiger partial charge is 0.448 e. The summed E-state index contributed by atoms with van der Waals surface area (Å²) in [6.07, 6.45) is 0.539. The predicted octanol–water partition coefficient (Wildman–Crippen LogP) is 1.29. The van der Waals surface area contributed by atoms with Crippen molar-refractivity contribution in [1.82, 2.24) is 9.97 Å². The summed E-state index contributed by atoms with van der Waals surface area (Å²) >= 11 is 11.3. The molecule has 1 heterocycles. The van der Waals surface area contributed by atoms with E-state index in [-0.39, 0.29) is 11.9 Å². The van der Waals surface area contributed by atoms with E-state index in [1.807, 2.05) is 0 Å². The number of nitrogens with zero attached hydrogens (tertiary/aromatic N) is 2. The quantitative estimate of drug-likeness (QED) is 0.621. The standard InChI is InChI=1S/C7H8Cl2N4O2/c8-4-3-12-6(9)13-5(4)11-1-2-15-7(10)14/h3H,1-2H2,(H2,10,14)(H,11,12,13). The SMILES string of the molecule is NC(=O)OCCNc1nc(Cl)ncc1Cl. The topological polar surface area (TPSA) is 90.1 Å². The van der Waals surface area contributed by atoms with Crippen LogP contribution in [-0.4, -0.2) is 29.2 Å². The molecule has 0 saturated carbocycles. The summed E-state index contributed by atoms with van der Waals surface area (Å²) in [5.74, 6) is 0.379. The number of hydrogen-bond donors (Lipinski definition) is 2. The normalized spacial score (nSPS) is 9.73.